The molecule has 0 saturated carbocycles. The molecule has 1 aromatic carbocycles. The van der Waals surface area contributed by atoms with Crippen LogP contribution in [0.1, 0.15) is 25.3 Å². The van der Waals surface area contributed by atoms with Crippen LogP contribution < -0.4 is 5.32 Å². The van der Waals surface area contributed by atoms with Crippen molar-refractivity contribution >= 4 is 15.7 Å². The molecule has 0 radical (unpaired) electrons. The Kier molecular flexibility index (Phi) is 7.40. The fourth-order valence-corrected chi connectivity index (χ4v) is 3.38. The minimum absolute atomic E-state index is 0.0921. The predicted octanol–water partition coefficient (Wildman–Crippen LogP) is 1.22. The summed E-state index contributed by atoms with van der Waals surface area (Å²) in [4.78, 5) is 14.4. The number of hydrogen-bond acceptors (Lipinski definition) is 5. The molecule has 1 aromatic rings. The van der Waals surface area contributed by atoms with Crippen molar-refractivity contribution in [3.05, 3.63) is 35.9 Å². The summed E-state index contributed by atoms with van der Waals surface area (Å²) >= 11 is 0. The lowest BCUT2D eigenvalue weighted by molar-refractivity contribution is -0.133. The van der Waals surface area contributed by atoms with E-state index in [4.69, 9.17) is 4.74 Å². The molecule has 1 aliphatic rings. The van der Waals surface area contributed by atoms with Crippen molar-refractivity contribution in [2.75, 3.05) is 31.6 Å². The molecular weight excluding hydrogens is 340 g/mol. The zero-order chi connectivity index (χ0) is 18.3. The quantitative estimate of drug-likeness (QED) is 0.747. The van der Waals surface area contributed by atoms with Crippen LogP contribution in [-0.4, -0.2) is 63.0 Å². The third-order valence-electron chi connectivity index (χ3n) is 4.42. The van der Waals surface area contributed by atoms with Gasteiger partial charge in [0.15, 0.2) is 0 Å². The van der Waals surface area contributed by atoms with Gasteiger partial charge in [0.25, 0.3) is 0 Å². The van der Waals surface area contributed by atoms with Gasteiger partial charge in [-0.05, 0) is 25.3 Å². The second-order valence-electron chi connectivity index (χ2n) is 6.69. The summed E-state index contributed by atoms with van der Waals surface area (Å²) in [5.74, 6) is 0.0968. The maximum absolute atomic E-state index is 12.2. The number of carbonyl (C=O) groups is 1. The van der Waals surface area contributed by atoms with Crippen LogP contribution in [-0.2, 0) is 26.0 Å². The van der Waals surface area contributed by atoms with Gasteiger partial charge in [0.05, 0.1) is 12.4 Å². The third-order valence-corrected chi connectivity index (χ3v) is 5.35. The molecule has 1 N–H and O–H groups in total. The average Bonchev–Trinajstić information content (AvgIpc) is 2.59. The minimum atomic E-state index is -2.92. The van der Waals surface area contributed by atoms with Crippen molar-refractivity contribution in [1.29, 1.82) is 0 Å². The Morgan fingerprint density at radius 2 is 1.92 bits per heavy atom. The summed E-state index contributed by atoms with van der Waals surface area (Å²) in [6, 6.07) is 9.90. The summed E-state index contributed by atoms with van der Waals surface area (Å²) in [6.07, 6.45) is 2.43. The molecule has 0 aliphatic carbocycles. The highest BCUT2D eigenvalue weighted by molar-refractivity contribution is 7.90. The van der Waals surface area contributed by atoms with Gasteiger partial charge in [-0.25, -0.2) is 8.42 Å². The third kappa shape index (κ3) is 7.54. The summed E-state index contributed by atoms with van der Waals surface area (Å²) in [5.41, 5.74) is 1.04. The Morgan fingerprint density at radius 3 is 2.52 bits per heavy atom. The molecule has 0 aromatic heterocycles. The first-order chi connectivity index (χ1) is 11.8. The number of amides is 1. The summed E-state index contributed by atoms with van der Waals surface area (Å²) < 4.78 is 28.1. The fourth-order valence-electron chi connectivity index (χ4n) is 2.79. The lowest BCUT2D eigenvalue weighted by Crippen LogP contribution is -2.48. The molecule has 1 aliphatic heterocycles. The van der Waals surface area contributed by atoms with Gasteiger partial charge < -0.3 is 15.0 Å². The van der Waals surface area contributed by atoms with Crippen LogP contribution >= 0.6 is 0 Å². The van der Waals surface area contributed by atoms with E-state index in [-0.39, 0.29) is 17.7 Å². The molecule has 0 spiro atoms. The average molecular weight is 368 g/mol. The zero-order valence-corrected chi connectivity index (χ0v) is 15.8. The van der Waals surface area contributed by atoms with Gasteiger partial charge in [0, 0.05) is 31.9 Å². The molecule has 6 nitrogen and oxygen atoms in total. The molecule has 2 rings (SSSR count). The molecule has 7 heteroatoms. The highest BCUT2D eigenvalue weighted by Crippen LogP contribution is 2.11. The van der Waals surface area contributed by atoms with Gasteiger partial charge in [0.2, 0.25) is 5.91 Å². The number of piperidine rings is 1. The van der Waals surface area contributed by atoms with Crippen molar-refractivity contribution in [2.45, 2.75) is 38.5 Å². The molecule has 1 amide bonds. The van der Waals surface area contributed by atoms with E-state index in [1.165, 1.54) is 6.26 Å². The van der Waals surface area contributed by atoms with Crippen LogP contribution in [0.5, 0.6) is 0 Å². The van der Waals surface area contributed by atoms with Gasteiger partial charge in [-0.15, -0.1) is 0 Å². The van der Waals surface area contributed by atoms with E-state index >= 15 is 0 Å². The van der Waals surface area contributed by atoms with Gasteiger partial charge >= 0.3 is 0 Å². The maximum atomic E-state index is 12.2. The lowest BCUT2D eigenvalue weighted by atomic mass is 10.0. The lowest BCUT2D eigenvalue weighted by Gasteiger charge is -2.32. The number of hydrogen-bond donors (Lipinski definition) is 1. The van der Waals surface area contributed by atoms with Crippen molar-refractivity contribution < 1.29 is 17.9 Å². The predicted molar refractivity (Wildman–Crippen MR) is 98.0 cm³/mol. The number of likely N-dealkylation sites (tertiary alicyclic amines) is 1. The molecule has 1 atom stereocenters. The first-order valence-electron chi connectivity index (χ1n) is 8.69. The molecule has 25 heavy (non-hydrogen) atoms. The largest absolute Gasteiger partial charge is 0.364 e. The molecular formula is C18H28N2O4S. The van der Waals surface area contributed by atoms with Crippen LogP contribution in [0.4, 0.5) is 0 Å². The van der Waals surface area contributed by atoms with E-state index in [2.05, 4.69) is 10.2 Å². The number of rotatable bonds is 8. The van der Waals surface area contributed by atoms with Gasteiger partial charge in [-0.1, -0.05) is 30.3 Å². The number of sulfone groups is 1. The van der Waals surface area contributed by atoms with E-state index < -0.39 is 15.9 Å². The minimum Gasteiger partial charge on any atom is -0.364 e. The van der Waals surface area contributed by atoms with Crippen molar-refractivity contribution in [2.24, 2.45) is 0 Å². The van der Waals surface area contributed by atoms with E-state index in [9.17, 15) is 13.2 Å². The van der Waals surface area contributed by atoms with E-state index in [1.807, 2.05) is 30.3 Å². The first kappa shape index (κ1) is 19.9. The van der Waals surface area contributed by atoms with Crippen LogP contribution in [0.3, 0.4) is 0 Å². The number of benzene rings is 1. The Labute approximate surface area is 150 Å². The van der Waals surface area contributed by atoms with E-state index in [1.54, 1.807) is 6.92 Å². The Balaban J connectivity index is 1.67. The van der Waals surface area contributed by atoms with Crippen LogP contribution in [0.15, 0.2) is 30.3 Å². The highest BCUT2D eigenvalue weighted by Gasteiger charge is 2.23. The molecule has 0 bridgehead atoms. The SMILES string of the molecule is CC(OCc1ccccc1)C(=O)NC1CCN(CCS(C)(=O)=O)CC1. The Morgan fingerprint density at radius 1 is 1.28 bits per heavy atom. The van der Waals surface area contributed by atoms with Crippen LogP contribution in [0.2, 0.25) is 0 Å². The smallest absolute Gasteiger partial charge is 0.249 e. The molecule has 1 unspecified atom stereocenters. The monoisotopic (exact) mass is 368 g/mol. The molecule has 1 saturated heterocycles. The standard InChI is InChI=1S/C18H28N2O4S/c1-15(24-14-16-6-4-3-5-7-16)18(21)19-17-8-10-20(11-9-17)12-13-25(2,22)23/h3-7,15,17H,8-14H2,1-2H3,(H,19,21). The topological polar surface area (TPSA) is 75.7 Å². The van der Waals surface area contributed by atoms with Crippen molar-refractivity contribution in [3.8, 4) is 0 Å². The Bertz CT molecular complexity index is 640. The summed E-state index contributed by atoms with van der Waals surface area (Å²) in [5, 5.41) is 3.04. The van der Waals surface area contributed by atoms with Gasteiger partial charge in [-0.3, -0.25) is 4.79 Å². The molecule has 1 heterocycles. The second kappa shape index (κ2) is 9.31. The number of ether oxygens (including phenoxy) is 1. The van der Waals surface area contributed by atoms with Gasteiger partial charge in [0.1, 0.15) is 15.9 Å². The number of nitrogens with one attached hydrogen (secondary N) is 1. The summed E-state index contributed by atoms with van der Waals surface area (Å²) in [7, 11) is -2.92. The fraction of sp³-hybridized carbons (Fsp3) is 0.611. The molecule has 140 valence electrons. The number of carbonyl (C=O) groups excluding carboxylic acids is 1. The highest BCUT2D eigenvalue weighted by atomic mass is 32.2. The molecule has 1 fully saturated rings. The first-order valence-corrected chi connectivity index (χ1v) is 10.8. The van der Waals surface area contributed by atoms with Crippen LogP contribution in [0, 0.1) is 0 Å². The van der Waals surface area contributed by atoms with Crippen LogP contribution in [0.25, 0.3) is 0 Å². The van der Waals surface area contributed by atoms with Gasteiger partial charge in [-0.2, -0.15) is 0 Å². The Hall–Kier alpha value is -1.44. The normalized spacial score (nSPS) is 18.0. The zero-order valence-electron chi connectivity index (χ0n) is 15.0. The van der Waals surface area contributed by atoms with E-state index in [0.29, 0.717) is 13.2 Å². The van der Waals surface area contributed by atoms with E-state index in [0.717, 1.165) is 31.5 Å². The number of nitrogens with zero attached hydrogens (tertiary/aromatic N) is 1. The summed E-state index contributed by atoms with van der Waals surface area (Å²) in [6.45, 7) is 4.36. The maximum Gasteiger partial charge on any atom is 0.249 e. The second-order valence-corrected chi connectivity index (χ2v) is 8.95. The van der Waals surface area contributed by atoms with Crippen molar-refractivity contribution in [1.82, 2.24) is 10.2 Å². The van der Waals surface area contributed by atoms with Crippen molar-refractivity contribution in [3.63, 3.8) is 0 Å².